The Morgan fingerprint density at radius 3 is 3.00 bits per heavy atom. The average molecular weight is 250 g/mol. The maximum absolute atomic E-state index is 5.53. The van der Waals surface area contributed by atoms with Crippen LogP contribution in [0.15, 0.2) is 18.3 Å². The van der Waals surface area contributed by atoms with Crippen LogP contribution in [0.3, 0.4) is 0 Å². The molecule has 17 heavy (non-hydrogen) atoms. The van der Waals surface area contributed by atoms with E-state index in [0.29, 0.717) is 11.0 Å². The van der Waals surface area contributed by atoms with Crippen molar-refractivity contribution in [3.63, 3.8) is 0 Å². The van der Waals surface area contributed by atoms with Crippen molar-refractivity contribution in [2.24, 2.45) is 5.73 Å². The van der Waals surface area contributed by atoms with Crippen molar-refractivity contribution in [3.05, 3.63) is 23.9 Å². The van der Waals surface area contributed by atoms with Crippen molar-refractivity contribution in [3.8, 4) is 0 Å². The van der Waals surface area contributed by atoms with Crippen LogP contribution in [0, 0.1) is 0 Å². The minimum atomic E-state index is 0.390. The van der Waals surface area contributed by atoms with E-state index in [1.54, 1.807) is 6.20 Å². The summed E-state index contributed by atoms with van der Waals surface area (Å²) in [5.74, 6) is 0.894. The third kappa shape index (κ3) is 3.38. The molecule has 0 saturated carbocycles. The molecule has 0 aromatic carbocycles. The van der Waals surface area contributed by atoms with Crippen molar-refractivity contribution in [2.45, 2.75) is 18.9 Å². The number of pyridine rings is 1. The van der Waals surface area contributed by atoms with E-state index in [1.807, 2.05) is 12.1 Å². The zero-order valence-corrected chi connectivity index (χ0v) is 10.8. The number of hydrogen-bond acceptors (Lipinski definition) is 4. The molecule has 3 N–H and O–H groups in total. The summed E-state index contributed by atoms with van der Waals surface area (Å²) in [5, 5.41) is 3.44. The predicted molar refractivity (Wildman–Crippen MR) is 74.3 cm³/mol. The highest BCUT2D eigenvalue weighted by molar-refractivity contribution is 7.80. The van der Waals surface area contributed by atoms with Gasteiger partial charge in [-0.2, -0.15) is 0 Å². The summed E-state index contributed by atoms with van der Waals surface area (Å²) in [6, 6.07) is 4.32. The van der Waals surface area contributed by atoms with Crippen molar-refractivity contribution >= 4 is 23.0 Å². The molecule has 1 unspecified atom stereocenters. The molecule has 5 heteroatoms. The van der Waals surface area contributed by atoms with Crippen LogP contribution in [-0.4, -0.2) is 41.1 Å². The van der Waals surface area contributed by atoms with Crippen LogP contribution >= 0.6 is 12.2 Å². The van der Waals surface area contributed by atoms with Crippen LogP contribution < -0.4 is 11.1 Å². The summed E-state index contributed by atoms with van der Waals surface area (Å²) < 4.78 is 0. The Kier molecular flexibility index (Phi) is 3.91. The molecular formula is C12H18N4S. The van der Waals surface area contributed by atoms with Gasteiger partial charge in [0.2, 0.25) is 0 Å². The molecule has 0 bridgehead atoms. The number of aromatic nitrogens is 1. The van der Waals surface area contributed by atoms with Gasteiger partial charge in [-0.1, -0.05) is 12.2 Å². The molecule has 92 valence electrons. The van der Waals surface area contributed by atoms with E-state index in [0.717, 1.165) is 17.9 Å². The fourth-order valence-corrected chi connectivity index (χ4v) is 2.24. The number of nitrogens with zero attached hydrogens (tertiary/aromatic N) is 2. The second-order valence-corrected chi connectivity index (χ2v) is 4.98. The third-order valence-corrected chi connectivity index (χ3v) is 3.26. The highest BCUT2D eigenvalue weighted by Gasteiger charge is 2.16. The van der Waals surface area contributed by atoms with Crippen molar-refractivity contribution in [2.75, 3.05) is 25.5 Å². The van der Waals surface area contributed by atoms with E-state index >= 15 is 0 Å². The normalized spacial score (nSPS) is 21.1. The lowest BCUT2D eigenvalue weighted by Gasteiger charge is -2.30. The summed E-state index contributed by atoms with van der Waals surface area (Å²) in [7, 11) is 2.15. The molecule has 2 heterocycles. The zero-order chi connectivity index (χ0) is 12.3. The van der Waals surface area contributed by atoms with Crippen LogP contribution in [0.1, 0.15) is 18.4 Å². The lowest BCUT2D eigenvalue weighted by molar-refractivity contribution is 0.261. The van der Waals surface area contributed by atoms with Gasteiger partial charge in [-0.25, -0.2) is 4.98 Å². The summed E-state index contributed by atoms with van der Waals surface area (Å²) in [6.07, 6.45) is 4.15. The highest BCUT2D eigenvalue weighted by atomic mass is 32.1. The molecule has 1 aromatic heterocycles. The van der Waals surface area contributed by atoms with Crippen molar-refractivity contribution in [1.82, 2.24) is 9.88 Å². The molecule has 1 aromatic rings. The Bertz CT molecular complexity index is 390. The monoisotopic (exact) mass is 250 g/mol. The fourth-order valence-electron chi connectivity index (χ4n) is 2.12. The fraction of sp³-hybridized carbons (Fsp3) is 0.500. The molecule has 0 radical (unpaired) electrons. The largest absolute Gasteiger partial charge is 0.389 e. The van der Waals surface area contributed by atoms with Gasteiger partial charge in [0.15, 0.2) is 0 Å². The number of hydrogen-bond donors (Lipinski definition) is 2. The van der Waals surface area contributed by atoms with Crippen LogP contribution in [0.2, 0.25) is 0 Å². The minimum absolute atomic E-state index is 0.390. The first-order chi connectivity index (χ1) is 8.15. The Balaban J connectivity index is 1.96. The highest BCUT2D eigenvalue weighted by Crippen LogP contribution is 2.13. The van der Waals surface area contributed by atoms with E-state index in [-0.39, 0.29) is 0 Å². The number of piperidine rings is 1. The van der Waals surface area contributed by atoms with Crippen molar-refractivity contribution < 1.29 is 0 Å². The summed E-state index contributed by atoms with van der Waals surface area (Å²) in [4.78, 5) is 7.05. The zero-order valence-electron chi connectivity index (χ0n) is 10.0. The molecule has 0 aliphatic carbocycles. The van der Waals surface area contributed by atoms with Gasteiger partial charge in [0.25, 0.3) is 0 Å². The molecule has 1 aliphatic rings. The Morgan fingerprint density at radius 2 is 2.41 bits per heavy atom. The summed E-state index contributed by atoms with van der Waals surface area (Å²) >= 11 is 4.89. The van der Waals surface area contributed by atoms with Crippen LogP contribution in [-0.2, 0) is 0 Å². The standard InChI is InChI=1S/C12H18N4S/c1-16-6-2-3-10(8-16)15-11-5-4-9(7-14-11)12(13)17/h4-5,7,10H,2-3,6,8H2,1H3,(H2,13,17)(H,14,15). The Hall–Kier alpha value is -1.20. The number of nitrogens with two attached hydrogens (primary N) is 1. The predicted octanol–water partition coefficient (Wildman–Crippen LogP) is 1.22. The maximum Gasteiger partial charge on any atom is 0.126 e. The quantitative estimate of drug-likeness (QED) is 0.790. The number of nitrogens with one attached hydrogen (secondary N) is 1. The van der Waals surface area contributed by atoms with Gasteiger partial charge in [0.05, 0.1) is 0 Å². The molecule has 1 saturated heterocycles. The lowest BCUT2D eigenvalue weighted by atomic mass is 10.1. The smallest absolute Gasteiger partial charge is 0.126 e. The number of anilines is 1. The van der Waals surface area contributed by atoms with Crippen LogP contribution in [0.25, 0.3) is 0 Å². The molecule has 1 fully saturated rings. The first-order valence-corrected chi connectivity index (χ1v) is 6.27. The van der Waals surface area contributed by atoms with E-state index < -0.39 is 0 Å². The maximum atomic E-state index is 5.53. The summed E-state index contributed by atoms with van der Waals surface area (Å²) in [6.45, 7) is 2.25. The Labute approximate surface area is 107 Å². The van der Waals surface area contributed by atoms with E-state index in [4.69, 9.17) is 18.0 Å². The van der Waals surface area contributed by atoms with E-state index in [9.17, 15) is 0 Å². The Morgan fingerprint density at radius 1 is 1.59 bits per heavy atom. The third-order valence-electron chi connectivity index (χ3n) is 3.02. The topological polar surface area (TPSA) is 54.2 Å². The van der Waals surface area contributed by atoms with Gasteiger partial charge in [-0.05, 0) is 38.6 Å². The van der Waals surface area contributed by atoms with Crippen LogP contribution in [0.4, 0.5) is 5.82 Å². The van der Waals surface area contributed by atoms with Gasteiger partial charge in [-0.15, -0.1) is 0 Å². The van der Waals surface area contributed by atoms with Crippen molar-refractivity contribution in [1.29, 1.82) is 0 Å². The van der Waals surface area contributed by atoms with E-state index in [2.05, 4.69) is 22.2 Å². The van der Waals surface area contributed by atoms with Gasteiger partial charge in [-0.3, -0.25) is 0 Å². The van der Waals surface area contributed by atoms with E-state index in [1.165, 1.54) is 19.4 Å². The molecule has 4 nitrogen and oxygen atoms in total. The summed E-state index contributed by atoms with van der Waals surface area (Å²) in [5.41, 5.74) is 6.34. The minimum Gasteiger partial charge on any atom is -0.389 e. The van der Waals surface area contributed by atoms with Gasteiger partial charge in [0, 0.05) is 24.3 Å². The van der Waals surface area contributed by atoms with Gasteiger partial charge in [0.1, 0.15) is 10.8 Å². The SMILES string of the molecule is CN1CCCC(Nc2ccc(C(N)=S)cn2)C1. The van der Waals surface area contributed by atoms with Gasteiger partial charge < -0.3 is 16.0 Å². The number of rotatable bonds is 3. The number of likely N-dealkylation sites (tertiary alicyclic amines) is 1. The molecule has 1 atom stereocenters. The molecule has 2 rings (SSSR count). The first kappa shape index (κ1) is 12.3. The lowest BCUT2D eigenvalue weighted by Crippen LogP contribution is -2.39. The number of thiocarbonyl (C=S) groups is 1. The first-order valence-electron chi connectivity index (χ1n) is 5.86. The van der Waals surface area contributed by atoms with Crippen LogP contribution in [0.5, 0.6) is 0 Å². The molecular weight excluding hydrogens is 232 g/mol. The molecule has 0 spiro atoms. The number of likely N-dealkylation sites (N-methyl/N-ethyl adjacent to an activating group) is 1. The second-order valence-electron chi connectivity index (χ2n) is 4.54. The second kappa shape index (κ2) is 5.42. The molecule has 0 amide bonds. The molecule has 1 aliphatic heterocycles. The van der Waals surface area contributed by atoms with Gasteiger partial charge >= 0.3 is 0 Å². The average Bonchev–Trinajstić information content (AvgIpc) is 2.29.